The second kappa shape index (κ2) is 18.1. The molecule has 0 spiro atoms. The van der Waals surface area contributed by atoms with Crippen LogP contribution in [0.3, 0.4) is 0 Å². The smallest absolute Gasteiger partial charge is 0.321 e. The fraction of sp³-hybridized carbons (Fsp3) is 0.176. The second-order valence-electron chi connectivity index (χ2n) is 10.0. The van der Waals surface area contributed by atoms with Gasteiger partial charge >= 0.3 is 11.9 Å². The van der Waals surface area contributed by atoms with Crippen molar-refractivity contribution in [1.82, 2.24) is 10.6 Å². The van der Waals surface area contributed by atoms with Crippen LogP contribution >= 0.6 is 23.5 Å². The van der Waals surface area contributed by atoms with Crippen LogP contribution in [0.1, 0.15) is 11.1 Å². The Balaban J connectivity index is 0.000000261. The molecule has 0 aliphatic heterocycles. The van der Waals surface area contributed by atoms with E-state index in [0.717, 1.165) is 27.8 Å². The summed E-state index contributed by atoms with van der Waals surface area (Å²) in [6, 6.07) is 26.9. The lowest BCUT2D eigenvalue weighted by Crippen LogP contribution is -2.36. The fourth-order valence-electron chi connectivity index (χ4n) is 4.39. The molecule has 0 heterocycles. The van der Waals surface area contributed by atoms with Gasteiger partial charge in [-0.05, 0) is 61.1 Å². The number of nitro benzene ring substituents is 1. The zero-order valence-electron chi connectivity index (χ0n) is 25.9. The molecule has 0 radical (unpaired) electrons. The average molecular weight is 685 g/mol. The molecule has 0 aromatic heterocycles. The lowest BCUT2D eigenvalue weighted by atomic mass is 10.0. The van der Waals surface area contributed by atoms with Crippen molar-refractivity contribution in [3.05, 3.63) is 106 Å². The molecule has 14 heteroatoms. The number of carbonyl (C=O) groups is 2. The van der Waals surface area contributed by atoms with Crippen LogP contribution in [0.2, 0.25) is 0 Å². The molecule has 4 rings (SSSR count). The van der Waals surface area contributed by atoms with E-state index in [9.17, 15) is 19.7 Å². The van der Waals surface area contributed by atoms with Gasteiger partial charge in [-0.15, -0.1) is 23.5 Å². The summed E-state index contributed by atoms with van der Waals surface area (Å²) in [4.78, 5) is 34.4. The third-order valence-corrected chi connectivity index (χ3v) is 9.39. The predicted octanol–water partition coefficient (Wildman–Crippen LogP) is 5.47. The third-order valence-electron chi connectivity index (χ3n) is 6.92. The Kier molecular flexibility index (Phi) is 14.0. The molecule has 0 saturated carbocycles. The summed E-state index contributed by atoms with van der Waals surface area (Å²) in [6.45, 7) is 0. The van der Waals surface area contributed by atoms with Gasteiger partial charge in [0.05, 0.1) is 33.1 Å². The van der Waals surface area contributed by atoms with E-state index in [4.69, 9.17) is 26.5 Å². The Bertz CT molecular complexity index is 1870. The maximum Gasteiger partial charge on any atom is 0.321 e. The monoisotopic (exact) mass is 684 g/mol. The van der Waals surface area contributed by atoms with Crippen molar-refractivity contribution >= 4 is 46.8 Å². The Labute approximate surface area is 285 Å². The lowest BCUT2D eigenvalue weighted by molar-refractivity contribution is -0.387. The largest absolute Gasteiger partial charge is 0.480 e. The Morgan fingerprint density at radius 2 is 1.23 bits per heavy atom. The summed E-state index contributed by atoms with van der Waals surface area (Å²) in [7, 11) is 3.14. The quantitative estimate of drug-likeness (QED) is 0.0512. The number of hydrogen-bond acceptors (Lipinski definition) is 11. The molecule has 0 fully saturated rings. The molecule has 0 unspecified atom stereocenters. The summed E-state index contributed by atoms with van der Waals surface area (Å²) in [5.41, 5.74) is 10.6. The number of nitrogens with one attached hydrogen (secondary N) is 2. The van der Waals surface area contributed by atoms with Crippen molar-refractivity contribution in [3.8, 4) is 34.4 Å². The number of anilines is 1. The minimum atomic E-state index is -1.03. The van der Waals surface area contributed by atoms with E-state index in [-0.39, 0.29) is 11.4 Å². The molecule has 0 saturated heterocycles. The van der Waals surface area contributed by atoms with E-state index in [2.05, 4.69) is 16.7 Å². The zero-order chi connectivity index (χ0) is 35.2. The molecule has 246 valence electrons. The Morgan fingerprint density at radius 1 is 0.792 bits per heavy atom. The summed E-state index contributed by atoms with van der Waals surface area (Å²) in [6.07, 6.45) is 0. The third kappa shape index (κ3) is 9.81. The van der Waals surface area contributed by atoms with Crippen LogP contribution in [0, 0.1) is 32.8 Å². The van der Waals surface area contributed by atoms with Crippen LogP contribution in [0.4, 0.5) is 11.4 Å². The number of nitrogen functional groups attached to an aromatic ring is 1. The van der Waals surface area contributed by atoms with Gasteiger partial charge in [-0.1, -0.05) is 48.5 Å². The van der Waals surface area contributed by atoms with Gasteiger partial charge < -0.3 is 26.6 Å². The number of nitriles is 2. The average Bonchev–Trinajstić information content (AvgIpc) is 3.09. The van der Waals surface area contributed by atoms with Crippen LogP contribution in [-0.2, 0) is 9.59 Å². The highest BCUT2D eigenvalue weighted by Gasteiger charge is 2.23. The molecule has 0 bridgehead atoms. The maximum atomic E-state index is 11.4. The summed E-state index contributed by atoms with van der Waals surface area (Å²) in [5, 5.41) is 53.2. The van der Waals surface area contributed by atoms with E-state index >= 15 is 0 Å². The number of benzene rings is 4. The molecule has 0 aliphatic rings. The highest BCUT2D eigenvalue weighted by molar-refractivity contribution is 7.99. The summed E-state index contributed by atoms with van der Waals surface area (Å²) < 4.78 is 0. The molecule has 0 aliphatic carbocycles. The van der Waals surface area contributed by atoms with Gasteiger partial charge in [0.2, 0.25) is 0 Å². The Hall–Kier alpha value is -5.38. The van der Waals surface area contributed by atoms with E-state index < -0.39 is 28.9 Å². The summed E-state index contributed by atoms with van der Waals surface area (Å²) >= 11 is 2.50. The topological polar surface area (TPSA) is 215 Å². The van der Waals surface area contributed by atoms with Gasteiger partial charge in [0.15, 0.2) is 0 Å². The van der Waals surface area contributed by atoms with Crippen molar-refractivity contribution in [2.24, 2.45) is 0 Å². The predicted molar refractivity (Wildman–Crippen MR) is 187 cm³/mol. The van der Waals surface area contributed by atoms with Gasteiger partial charge in [0.1, 0.15) is 12.1 Å². The summed E-state index contributed by atoms with van der Waals surface area (Å²) in [5.74, 6) is -1.45. The molecule has 0 amide bonds. The maximum absolute atomic E-state index is 11.4. The molecular weight excluding hydrogens is 653 g/mol. The number of nitrogens with two attached hydrogens (primary N) is 1. The van der Waals surface area contributed by atoms with Crippen LogP contribution in [0.5, 0.6) is 0 Å². The van der Waals surface area contributed by atoms with Crippen molar-refractivity contribution in [1.29, 1.82) is 10.5 Å². The highest BCUT2D eigenvalue weighted by atomic mass is 32.2. The second-order valence-corrected chi connectivity index (χ2v) is 12.1. The number of likely N-dealkylation sites (N-methyl/N-ethyl adjacent to an activating group) is 2. The number of carboxylic acids is 2. The first-order chi connectivity index (χ1) is 23.0. The highest BCUT2D eigenvalue weighted by Crippen LogP contribution is 2.39. The lowest BCUT2D eigenvalue weighted by Gasteiger charge is -2.15. The van der Waals surface area contributed by atoms with Gasteiger partial charge in [-0.25, -0.2) is 0 Å². The fourth-order valence-corrected chi connectivity index (χ4v) is 6.89. The number of thioether (sulfide) groups is 2. The molecule has 6 N–H and O–H groups in total. The Morgan fingerprint density at radius 3 is 1.67 bits per heavy atom. The van der Waals surface area contributed by atoms with Crippen LogP contribution in [-0.4, -0.2) is 64.8 Å². The minimum absolute atomic E-state index is 0.0925. The standard InChI is InChI=1S/C17H15N3O4S.C17H17N3O2S/c1-19-14(17(21)22)10-25-16-13(6-3-7-15(16)20(23)24)12-5-2-4-11(8-12)9-18;1-20-15(17(21)22)10-23-16-13(6-3-7-14(16)19)12-5-2-4-11(8-12)9-18/h2-8,14,19H,10H2,1H3,(H,21,22);2-8,15,20H,10,19H2,1H3,(H,21,22)/t14-;15-/m00/s1. The number of aliphatic carboxylic acids is 2. The first-order valence-corrected chi connectivity index (χ1v) is 16.2. The van der Waals surface area contributed by atoms with Gasteiger partial charge in [-0.2, -0.15) is 10.5 Å². The number of rotatable bonds is 13. The van der Waals surface area contributed by atoms with E-state index in [1.54, 1.807) is 61.6 Å². The first-order valence-electron chi connectivity index (χ1n) is 14.3. The number of nitrogens with zero attached hydrogens (tertiary/aromatic N) is 3. The molecule has 2 atom stereocenters. The minimum Gasteiger partial charge on any atom is -0.480 e. The van der Waals surface area contributed by atoms with Crippen molar-refractivity contribution in [2.75, 3.05) is 31.3 Å². The van der Waals surface area contributed by atoms with Gasteiger partial charge in [0, 0.05) is 33.7 Å². The molecule has 12 nitrogen and oxygen atoms in total. The molecular formula is C34H32N6O6S2. The molecule has 4 aromatic carbocycles. The van der Waals surface area contributed by atoms with Crippen LogP contribution in [0.15, 0.2) is 94.7 Å². The molecule has 48 heavy (non-hydrogen) atoms. The van der Waals surface area contributed by atoms with E-state index in [0.29, 0.717) is 38.6 Å². The SMILES string of the molecule is CN[C@@H](CSc1c(-c2cccc(C#N)c2)cccc1[N+](=O)[O-])C(=O)O.CN[C@@H](CSc1c(N)cccc1-c1cccc(C#N)c1)C(=O)O. The van der Waals surface area contributed by atoms with Crippen molar-refractivity contribution < 1.29 is 24.7 Å². The first kappa shape index (κ1) is 37.1. The van der Waals surface area contributed by atoms with Gasteiger partial charge in [0.25, 0.3) is 5.69 Å². The van der Waals surface area contributed by atoms with Gasteiger partial charge in [-0.3, -0.25) is 19.7 Å². The van der Waals surface area contributed by atoms with Crippen molar-refractivity contribution in [2.45, 2.75) is 21.9 Å². The number of carboxylic acid groups (broad SMARTS) is 2. The number of hydrogen-bond donors (Lipinski definition) is 5. The van der Waals surface area contributed by atoms with Crippen LogP contribution in [0.25, 0.3) is 22.3 Å². The normalized spacial score (nSPS) is 11.6. The van der Waals surface area contributed by atoms with E-state index in [1.807, 2.05) is 30.3 Å². The number of nitro groups is 1. The zero-order valence-corrected chi connectivity index (χ0v) is 27.5. The molecule has 4 aromatic rings. The van der Waals surface area contributed by atoms with E-state index in [1.165, 1.54) is 24.9 Å². The van der Waals surface area contributed by atoms with Crippen LogP contribution < -0.4 is 16.4 Å². The van der Waals surface area contributed by atoms with Crippen molar-refractivity contribution in [3.63, 3.8) is 0 Å².